The summed E-state index contributed by atoms with van der Waals surface area (Å²) in [5, 5.41) is 10.0. The molecule has 1 aromatic heterocycles. The number of alkyl halides is 2. The molecule has 0 unspecified atom stereocenters. The van der Waals surface area contributed by atoms with Crippen LogP contribution >= 0.6 is 24.0 Å². The van der Waals surface area contributed by atoms with Crippen molar-refractivity contribution in [2.24, 2.45) is 4.99 Å². The van der Waals surface area contributed by atoms with Crippen molar-refractivity contribution in [1.29, 1.82) is 0 Å². The third-order valence-electron chi connectivity index (χ3n) is 4.29. The van der Waals surface area contributed by atoms with Crippen LogP contribution in [-0.2, 0) is 13.1 Å². The van der Waals surface area contributed by atoms with Gasteiger partial charge in [0.1, 0.15) is 12.1 Å². The lowest BCUT2D eigenvalue weighted by Crippen LogP contribution is -2.38. The van der Waals surface area contributed by atoms with Crippen molar-refractivity contribution in [2.45, 2.75) is 26.6 Å². The molecule has 166 valence electrons. The first-order valence-electron chi connectivity index (χ1n) is 9.53. The molecule has 2 N–H and O–H groups in total. The van der Waals surface area contributed by atoms with Crippen LogP contribution in [0.3, 0.4) is 0 Å². The van der Waals surface area contributed by atoms with Crippen molar-refractivity contribution in [3.8, 4) is 17.1 Å². The Bertz CT molecular complexity index is 951. The van der Waals surface area contributed by atoms with Crippen LogP contribution in [0.2, 0.25) is 0 Å². The topological polar surface area (TPSA) is 78.4 Å². The number of ether oxygens (including phenoxy) is 1. The molecule has 3 rings (SSSR count). The fourth-order valence-electron chi connectivity index (χ4n) is 2.92. The average Bonchev–Trinajstić information content (AvgIpc) is 3.27. The number of benzene rings is 2. The number of aliphatic imine (C=N–C) groups is 1. The predicted octanol–water partition coefficient (Wildman–Crippen LogP) is 4.29. The molecule has 0 spiro atoms. The van der Waals surface area contributed by atoms with Crippen LogP contribution in [0.5, 0.6) is 5.75 Å². The maximum Gasteiger partial charge on any atom is 0.387 e. The van der Waals surface area contributed by atoms with Crippen molar-refractivity contribution < 1.29 is 13.5 Å². The van der Waals surface area contributed by atoms with E-state index in [4.69, 9.17) is 4.99 Å². The minimum absolute atomic E-state index is 0. The molecule has 2 aromatic carbocycles. The Morgan fingerprint density at radius 2 is 1.97 bits per heavy atom. The third-order valence-corrected chi connectivity index (χ3v) is 4.29. The summed E-state index contributed by atoms with van der Waals surface area (Å²) < 4.78 is 29.0. The molecule has 0 radical (unpaired) electrons. The second kappa shape index (κ2) is 12.2. The SMILES string of the molecule is CCNC(=NCc1cccc(-c2ncn[nH]2)c1)N(C)Cc1ccc(OC(F)F)cc1.I. The van der Waals surface area contributed by atoms with Gasteiger partial charge >= 0.3 is 6.61 Å². The van der Waals surface area contributed by atoms with E-state index in [9.17, 15) is 8.78 Å². The maximum absolute atomic E-state index is 12.3. The summed E-state index contributed by atoms with van der Waals surface area (Å²) in [6.45, 7) is 0.968. The Morgan fingerprint density at radius 3 is 2.61 bits per heavy atom. The van der Waals surface area contributed by atoms with Crippen LogP contribution in [0, 0.1) is 0 Å². The van der Waals surface area contributed by atoms with E-state index in [0.717, 1.165) is 29.2 Å². The number of nitrogens with one attached hydrogen (secondary N) is 2. The van der Waals surface area contributed by atoms with Crippen LogP contribution in [-0.4, -0.2) is 46.2 Å². The smallest absolute Gasteiger partial charge is 0.387 e. The lowest BCUT2D eigenvalue weighted by atomic mass is 10.1. The van der Waals surface area contributed by atoms with Gasteiger partial charge in [-0.05, 0) is 36.2 Å². The summed E-state index contributed by atoms with van der Waals surface area (Å²) >= 11 is 0. The number of aromatic nitrogens is 3. The number of hydrogen-bond acceptors (Lipinski definition) is 4. The summed E-state index contributed by atoms with van der Waals surface area (Å²) in [5.74, 6) is 1.60. The van der Waals surface area contributed by atoms with Gasteiger partial charge in [0.05, 0.1) is 6.54 Å². The molecule has 7 nitrogen and oxygen atoms in total. The van der Waals surface area contributed by atoms with Gasteiger partial charge in [0.15, 0.2) is 11.8 Å². The van der Waals surface area contributed by atoms with Gasteiger partial charge in [-0.15, -0.1) is 24.0 Å². The third kappa shape index (κ3) is 7.46. The highest BCUT2D eigenvalue weighted by Crippen LogP contribution is 2.17. The van der Waals surface area contributed by atoms with Crippen molar-refractivity contribution in [2.75, 3.05) is 13.6 Å². The lowest BCUT2D eigenvalue weighted by molar-refractivity contribution is -0.0498. The standard InChI is InChI=1S/C21H24F2N6O.HI/c1-3-24-21(29(2)13-15-7-9-18(10-8-15)30-20(22)23)25-12-16-5-4-6-17(11-16)19-26-14-27-28-19;/h4-11,14,20H,3,12-13H2,1-2H3,(H,24,25)(H,26,27,28);1H. The van der Waals surface area contributed by atoms with Gasteiger partial charge in [0.25, 0.3) is 0 Å². The molecule has 0 saturated heterocycles. The Morgan fingerprint density at radius 1 is 1.19 bits per heavy atom. The molecule has 0 aliphatic heterocycles. The summed E-state index contributed by atoms with van der Waals surface area (Å²) in [6, 6.07) is 14.6. The zero-order valence-electron chi connectivity index (χ0n) is 17.3. The van der Waals surface area contributed by atoms with Gasteiger partial charge in [-0.3, -0.25) is 5.10 Å². The van der Waals surface area contributed by atoms with Crippen molar-refractivity contribution in [1.82, 2.24) is 25.4 Å². The first-order chi connectivity index (χ1) is 14.5. The number of H-pyrrole nitrogens is 1. The van der Waals surface area contributed by atoms with E-state index >= 15 is 0 Å². The Labute approximate surface area is 197 Å². The van der Waals surface area contributed by atoms with Gasteiger partial charge in [0, 0.05) is 25.7 Å². The van der Waals surface area contributed by atoms with Crippen molar-refractivity contribution in [3.05, 3.63) is 66.0 Å². The van der Waals surface area contributed by atoms with Crippen LogP contribution in [0.1, 0.15) is 18.1 Å². The number of guanidine groups is 1. The zero-order chi connectivity index (χ0) is 21.3. The maximum atomic E-state index is 12.3. The summed E-state index contributed by atoms with van der Waals surface area (Å²) in [5.41, 5.74) is 2.95. The van der Waals surface area contributed by atoms with E-state index in [0.29, 0.717) is 18.9 Å². The second-order valence-electron chi connectivity index (χ2n) is 6.58. The fraction of sp³-hybridized carbons (Fsp3) is 0.286. The molecule has 3 aromatic rings. The number of halogens is 3. The van der Waals surface area contributed by atoms with Crippen LogP contribution in [0.15, 0.2) is 59.9 Å². The normalized spacial score (nSPS) is 11.2. The van der Waals surface area contributed by atoms with E-state index < -0.39 is 6.61 Å². The molecule has 0 saturated carbocycles. The zero-order valence-corrected chi connectivity index (χ0v) is 19.6. The fourth-order valence-corrected chi connectivity index (χ4v) is 2.92. The highest BCUT2D eigenvalue weighted by atomic mass is 127. The van der Waals surface area contributed by atoms with E-state index in [2.05, 4.69) is 25.2 Å². The predicted molar refractivity (Wildman–Crippen MR) is 127 cm³/mol. The monoisotopic (exact) mass is 542 g/mol. The minimum atomic E-state index is -2.83. The van der Waals surface area contributed by atoms with E-state index in [1.165, 1.54) is 18.5 Å². The molecule has 31 heavy (non-hydrogen) atoms. The number of rotatable bonds is 8. The Balaban J connectivity index is 0.00000341. The first-order valence-corrected chi connectivity index (χ1v) is 9.53. The molecule has 10 heteroatoms. The lowest BCUT2D eigenvalue weighted by Gasteiger charge is -2.22. The molecule has 0 aliphatic carbocycles. The van der Waals surface area contributed by atoms with E-state index in [1.807, 2.05) is 43.1 Å². The second-order valence-corrected chi connectivity index (χ2v) is 6.58. The Hall–Kier alpha value is -2.76. The molecule has 0 aliphatic rings. The molecule has 0 amide bonds. The average molecular weight is 542 g/mol. The molecular weight excluding hydrogens is 517 g/mol. The van der Waals surface area contributed by atoms with Crippen molar-refractivity contribution in [3.63, 3.8) is 0 Å². The van der Waals surface area contributed by atoms with Crippen molar-refractivity contribution >= 4 is 29.9 Å². The molecule has 0 bridgehead atoms. The first kappa shape index (κ1) is 24.5. The van der Waals surface area contributed by atoms with E-state index in [-0.39, 0.29) is 29.7 Å². The largest absolute Gasteiger partial charge is 0.435 e. The van der Waals surface area contributed by atoms with Crippen LogP contribution in [0.25, 0.3) is 11.4 Å². The van der Waals surface area contributed by atoms with Crippen LogP contribution in [0.4, 0.5) is 8.78 Å². The number of nitrogens with zero attached hydrogens (tertiary/aromatic N) is 4. The van der Waals surface area contributed by atoms with Crippen LogP contribution < -0.4 is 10.1 Å². The van der Waals surface area contributed by atoms with Gasteiger partial charge in [-0.1, -0.05) is 30.3 Å². The molecule has 1 heterocycles. The highest BCUT2D eigenvalue weighted by molar-refractivity contribution is 14.0. The molecule has 0 atom stereocenters. The highest BCUT2D eigenvalue weighted by Gasteiger charge is 2.09. The van der Waals surface area contributed by atoms with Gasteiger partial charge in [-0.25, -0.2) is 9.98 Å². The number of hydrogen-bond donors (Lipinski definition) is 2. The molecular formula is C21H25F2IN6O. The van der Waals surface area contributed by atoms with Gasteiger partial charge in [-0.2, -0.15) is 13.9 Å². The number of aromatic amines is 1. The quantitative estimate of drug-likeness (QED) is 0.253. The molecule has 0 fully saturated rings. The van der Waals surface area contributed by atoms with Gasteiger partial charge in [0.2, 0.25) is 0 Å². The summed E-state index contributed by atoms with van der Waals surface area (Å²) in [7, 11) is 1.93. The summed E-state index contributed by atoms with van der Waals surface area (Å²) in [4.78, 5) is 10.9. The minimum Gasteiger partial charge on any atom is -0.435 e. The summed E-state index contributed by atoms with van der Waals surface area (Å²) in [6.07, 6.45) is 1.48. The Kier molecular flexibility index (Phi) is 9.63. The van der Waals surface area contributed by atoms with E-state index in [1.54, 1.807) is 12.1 Å². The van der Waals surface area contributed by atoms with Gasteiger partial charge < -0.3 is 15.0 Å².